The van der Waals surface area contributed by atoms with Crippen LogP contribution in [-0.2, 0) is 0 Å². The number of nitrogens with zero attached hydrogens (tertiary/aromatic N) is 2. The van der Waals surface area contributed by atoms with Crippen LogP contribution in [0.4, 0.5) is 0 Å². The van der Waals surface area contributed by atoms with Gasteiger partial charge in [-0.15, -0.1) is 11.6 Å². The molecule has 0 spiro atoms. The molecular formula is C7H15ClN2O. The van der Waals surface area contributed by atoms with Crippen LogP contribution < -0.4 is 0 Å². The Balaban J connectivity index is 2.14. The van der Waals surface area contributed by atoms with E-state index in [2.05, 4.69) is 4.90 Å². The first-order valence-corrected chi connectivity index (χ1v) is 4.52. The molecular weight excluding hydrogens is 164 g/mol. The Morgan fingerprint density at radius 1 is 1.09 bits per heavy atom. The van der Waals surface area contributed by atoms with Gasteiger partial charge in [0.05, 0.1) is 6.73 Å². The standard InChI is InChI=1S/C7H15ClN2O/c8-1-2-9-3-5-10(7-11)6-4-9/h11H,1-7H2. The van der Waals surface area contributed by atoms with Crippen molar-refractivity contribution in [3.05, 3.63) is 0 Å². The fraction of sp³-hybridized carbons (Fsp3) is 1.00. The molecule has 1 aliphatic heterocycles. The summed E-state index contributed by atoms with van der Waals surface area (Å²) in [4.78, 5) is 4.35. The molecule has 0 aromatic rings. The van der Waals surface area contributed by atoms with Crippen molar-refractivity contribution in [2.75, 3.05) is 45.3 Å². The summed E-state index contributed by atoms with van der Waals surface area (Å²) < 4.78 is 0. The molecule has 1 rings (SSSR count). The van der Waals surface area contributed by atoms with E-state index >= 15 is 0 Å². The third-order valence-corrected chi connectivity index (χ3v) is 2.23. The molecule has 66 valence electrons. The van der Waals surface area contributed by atoms with Crippen molar-refractivity contribution in [2.45, 2.75) is 0 Å². The van der Waals surface area contributed by atoms with Crippen molar-refractivity contribution in [3.8, 4) is 0 Å². The molecule has 0 aliphatic carbocycles. The van der Waals surface area contributed by atoms with Crippen LogP contribution in [0.15, 0.2) is 0 Å². The molecule has 0 radical (unpaired) electrons. The Kier molecular flexibility index (Phi) is 4.15. The van der Waals surface area contributed by atoms with Gasteiger partial charge in [-0.25, -0.2) is 0 Å². The van der Waals surface area contributed by atoms with Gasteiger partial charge in [-0.05, 0) is 0 Å². The van der Waals surface area contributed by atoms with Crippen LogP contribution in [0.1, 0.15) is 0 Å². The zero-order valence-electron chi connectivity index (χ0n) is 6.67. The second-order valence-electron chi connectivity index (χ2n) is 2.79. The molecule has 0 aromatic heterocycles. The Morgan fingerprint density at radius 2 is 1.64 bits per heavy atom. The predicted octanol–water partition coefficient (Wildman–Crippen LogP) is -0.207. The fourth-order valence-electron chi connectivity index (χ4n) is 1.27. The molecule has 0 bridgehead atoms. The highest BCUT2D eigenvalue weighted by Gasteiger charge is 2.14. The minimum atomic E-state index is 0.189. The molecule has 3 nitrogen and oxygen atoms in total. The molecule has 1 saturated heterocycles. The lowest BCUT2D eigenvalue weighted by Crippen LogP contribution is -2.46. The summed E-state index contributed by atoms with van der Waals surface area (Å²) in [6.07, 6.45) is 0. The average molecular weight is 179 g/mol. The number of rotatable bonds is 3. The third-order valence-electron chi connectivity index (χ3n) is 2.07. The van der Waals surface area contributed by atoms with Crippen LogP contribution in [0.3, 0.4) is 0 Å². The number of aliphatic hydroxyl groups is 1. The van der Waals surface area contributed by atoms with E-state index in [1.807, 2.05) is 4.90 Å². The van der Waals surface area contributed by atoms with Crippen molar-refractivity contribution in [2.24, 2.45) is 0 Å². The van der Waals surface area contributed by atoms with E-state index < -0.39 is 0 Å². The van der Waals surface area contributed by atoms with Gasteiger partial charge in [-0.1, -0.05) is 0 Å². The second-order valence-corrected chi connectivity index (χ2v) is 3.17. The maximum Gasteiger partial charge on any atom is 0.0957 e. The quantitative estimate of drug-likeness (QED) is 0.607. The predicted molar refractivity (Wildman–Crippen MR) is 45.8 cm³/mol. The maximum atomic E-state index is 8.79. The highest BCUT2D eigenvalue weighted by atomic mass is 35.5. The number of aliphatic hydroxyl groups excluding tert-OH is 1. The zero-order valence-corrected chi connectivity index (χ0v) is 7.43. The maximum absolute atomic E-state index is 8.79. The summed E-state index contributed by atoms with van der Waals surface area (Å²) in [5.74, 6) is 0.707. The van der Waals surface area contributed by atoms with Crippen molar-refractivity contribution in [3.63, 3.8) is 0 Å². The highest BCUT2D eigenvalue weighted by Crippen LogP contribution is 1.99. The third kappa shape index (κ3) is 2.95. The van der Waals surface area contributed by atoms with Crippen LogP contribution in [0.25, 0.3) is 0 Å². The van der Waals surface area contributed by atoms with Crippen molar-refractivity contribution >= 4 is 11.6 Å². The lowest BCUT2D eigenvalue weighted by atomic mass is 10.3. The number of hydrogen-bond donors (Lipinski definition) is 1. The molecule has 11 heavy (non-hydrogen) atoms. The first kappa shape index (κ1) is 9.26. The first-order valence-electron chi connectivity index (χ1n) is 3.98. The van der Waals surface area contributed by atoms with Gasteiger partial charge < -0.3 is 5.11 Å². The largest absolute Gasteiger partial charge is 0.381 e. The summed E-state index contributed by atoms with van der Waals surface area (Å²) in [5.41, 5.74) is 0. The second kappa shape index (κ2) is 4.93. The summed E-state index contributed by atoms with van der Waals surface area (Å²) in [6.45, 7) is 5.16. The van der Waals surface area contributed by atoms with E-state index in [4.69, 9.17) is 16.7 Å². The normalized spacial score (nSPS) is 22.4. The van der Waals surface area contributed by atoms with Gasteiger partial charge in [0.1, 0.15) is 0 Å². The molecule has 0 saturated carbocycles. The van der Waals surface area contributed by atoms with Gasteiger partial charge in [0.25, 0.3) is 0 Å². The summed E-state index contributed by atoms with van der Waals surface area (Å²) >= 11 is 5.60. The van der Waals surface area contributed by atoms with Crippen LogP contribution in [0.2, 0.25) is 0 Å². The average Bonchev–Trinajstić information content (AvgIpc) is 2.07. The van der Waals surface area contributed by atoms with Crippen LogP contribution in [0.5, 0.6) is 0 Å². The minimum absolute atomic E-state index is 0.189. The van der Waals surface area contributed by atoms with Gasteiger partial charge >= 0.3 is 0 Å². The van der Waals surface area contributed by atoms with Gasteiger partial charge in [-0.3, -0.25) is 9.80 Å². The van der Waals surface area contributed by atoms with Gasteiger partial charge in [0.2, 0.25) is 0 Å². The Morgan fingerprint density at radius 3 is 2.09 bits per heavy atom. The Bertz CT molecular complexity index is 105. The van der Waals surface area contributed by atoms with E-state index in [0.29, 0.717) is 5.88 Å². The van der Waals surface area contributed by atoms with E-state index in [0.717, 1.165) is 32.7 Å². The SMILES string of the molecule is OCN1CCN(CCCl)CC1. The molecule has 0 atom stereocenters. The number of hydrogen-bond acceptors (Lipinski definition) is 3. The fourth-order valence-corrected chi connectivity index (χ4v) is 1.51. The molecule has 0 amide bonds. The Labute approximate surface area is 72.5 Å². The smallest absolute Gasteiger partial charge is 0.0957 e. The van der Waals surface area contributed by atoms with Crippen LogP contribution in [-0.4, -0.2) is 60.2 Å². The monoisotopic (exact) mass is 178 g/mol. The molecule has 1 heterocycles. The van der Waals surface area contributed by atoms with E-state index in [1.54, 1.807) is 0 Å². The lowest BCUT2D eigenvalue weighted by Gasteiger charge is -2.32. The first-order chi connectivity index (χ1) is 5.36. The van der Waals surface area contributed by atoms with Crippen LogP contribution in [0, 0.1) is 0 Å². The van der Waals surface area contributed by atoms with Gasteiger partial charge in [0, 0.05) is 38.6 Å². The molecule has 4 heteroatoms. The number of alkyl halides is 1. The topological polar surface area (TPSA) is 26.7 Å². The lowest BCUT2D eigenvalue weighted by molar-refractivity contribution is 0.0565. The van der Waals surface area contributed by atoms with Crippen molar-refractivity contribution in [1.29, 1.82) is 0 Å². The molecule has 1 fully saturated rings. The number of piperazine rings is 1. The zero-order chi connectivity index (χ0) is 8.10. The molecule has 1 aliphatic rings. The Hall–Kier alpha value is 0.170. The van der Waals surface area contributed by atoms with Gasteiger partial charge in [-0.2, -0.15) is 0 Å². The molecule has 1 N–H and O–H groups in total. The highest BCUT2D eigenvalue weighted by molar-refractivity contribution is 6.18. The van der Waals surface area contributed by atoms with Crippen LogP contribution >= 0.6 is 11.6 Å². The van der Waals surface area contributed by atoms with Crippen molar-refractivity contribution in [1.82, 2.24) is 9.80 Å². The summed E-state index contributed by atoms with van der Waals surface area (Å²) in [6, 6.07) is 0. The van der Waals surface area contributed by atoms with Gasteiger partial charge in [0.15, 0.2) is 0 Å². The molecule has 0 unspecified atom stereocenters. The molecule has 0 aromatic carbocycles. The van der Waals surface area contributed by atoms with E-state index in [1.165, 1.54) is 0 Å². The summed E-state index contributed by atoms with van der Waals surface area (Å²) in [5, 5.41) is 8.79. The van der Waals surface area contributed by atoms with E-state index in [-0.39, 0.29) is 6.73 Å². The minimum Gasteiger partial charge on any atom is -0.381 e. The number of halogens is 1. The summed E-state index contributed by atoms with van der Waals surface area (Å²) in [7, 11) is 0. The van der Waals surface area contributed by atoms with Crippen molar-refractivity contribution < 1.29 is 5.11 Å². The van der Waals surface area contributed by atoms with E-state index in [9.17, 15) is 0 Å².